The fraction of sp³-hybridized carbons (Fsp3) is 0.273. The molecule has 0 spiro atoms. The van der Waals surface area contributed by atoms with Crippen molar-refractivity contribution < 1.29 is 23.1 Å². The first kappa shape index (κ1) is 13.8. The van der Waals surface area contributed by atoms with Crippen LogP contribution in [0.1, 0.15) is 30.1 Å². The average molecular weight is 307 g/mol. The molecule has 0 saturated carbocycles. The van der Waals surface area contributed by atoms with E-state index in [0.717, 1.165) is 6.07 Å². The summed E-state index contributed by atoms with van der Waals surface area (Å²) in [5, 5.41) is 0. The fourth-order valence-electron chi connectivity index (χ4n) is 1.09. The summed E-state index contributed by atoms with van der Waals surface area (Å²) >= 11 is 2.77. The highest BCUT2D eigenvalue weighted by molar-refractivity contribution is 9.10. The van der Waals surface area contributed by atoms with Crippen molar-refractivity contribution in [3.05, 3.63) is 33.8 Å². The number of halogens is 3. The largest absolute Gasteiger partial charge is 0.389 e. The molecule has 0 unspecified atom stereocenters. The predicted molar refractivity (Wildman–Crippen MR) is 59.4 cm³/mol. The summed E-state index contributed by atoms with van der Waals surface area (Å²) in [5.41, 5.74) is -0.602. The van der Waals surface area contributed by atoms with Crippen LogP contribution in [0.4, 0.5) is 8.78 Å². The summed E-state index contributed by atoms with van der Waals surface area (Å²) in [5.74, 6) is -3.71. The Bertz CT molecular complexity index is 460. The Morgan fingerprint density at radius 2 is 1.94 bits per heavy atom. The second-order valence-electron chi connectivity index (χ2n) is 3.26. The van der Waals surface area contributed by atoms with E-state index in [0.29, 0.717) is 12.5 Å². The number of ether oxygens (including phenoxy) is 1. The van der Waals surface area contributed by atoms with Gasteiger partial charge in [0.25, 0.3) is 0 Å². The summed E-state index contributed by atoms with van der Waals surface area (Å²) < 4.78 is 30.7. The fourth-order valence-corrected chi connectivity index (χ4v) is 1.41. The molecular weight excluding hydrogens is 298 g/mol. The summed E-state index contributed by atoms with van der Waals surface area (Å²) in [6.45, 7) is 1.73. The lowest BCUT2D eigenvalue weighted by molar-refractivity contribution is -0.138. The van der Waals surface area contributed by atoms with Gasteiger partial charge in [0.05, 0.1) is 10.0 Å². The molecule has 0 saturated heterocycles. The second-order valence-corrected chi connectivity index (χ2v) is 4.11. The lowest BCUT2D eigenvalue weighted by Gasteiger charge is -2.04. The number of esters is 2. The van der Waals surface area contributed by atoms with Crippen molar-refractivity contribution in [3.8, 4) is 0 Å². The lowest BCUT2D eigenvalue weighted by Crippen LogP contribution is -2.14. The van der Waals surface area contributed by atoms with E-state index in [1.54, 1.807) is 6.92 Å². The minimum atomic E-state index is -1.19. The van der Waals surface area contributed by atoms with Gasteiger partial charge in [-0.1, -0.05) is 6.92 Å². The van der Waals surface area contributed by atoms with E-state index < -0.39 is 29.1 Å². The molecule has 0 amide bonds. The molecule has 0 aliphatic heterocycles. The Balaban J connectivity index is 2.89. The van der Waals surface area contributed by atoms with Crippen LogP contribution in [0, 0.1) is 11.6 Å². The van der Waals surface area contributed by atoms with Crippen LogP contribution < -0.4 is 0 Å². The molecule has 1 aromatic rings. The third-order valence-electron chi connectivity index (χ3n) is 1.89. The molecule has 1 rings (SSSR count). The van der Waals surface area contributed by atoms with Gasteiger partial charge in [-0.15, -0.1) is 0 Å². The van der Waals surface area contributed by atoms with Gasteiger partial charge in [-0.05, 0) is 34.5 Å². The maximum atomic E-state index is 13.3. The molecule has 1 aromatic carbocycles. The average Bonchev–Trinajstić information content (AvgIpc) is 2.23. The van der Waals surface area contributed by atoms with Crippen molar-refractivity contribution >= 4 is 27.9 Å². The molecule has 0 aromatic heterocycles. The van der Waals surface area contributed by atoms with Crippen molar-refractivity contribution in [2.45, 2.75) is 19.8 Å². The third kappa shape index (κ3) is 3.59. The molecule has 0 fully saturated rings. The highest BCUT2D eigenvalue weighted by Crippen LogP contribution is 2.20. The van der Waals surface area contributed by atoms with Crippen LogP contribution in [0.2, 0.25) is 0 Å². The zero-order chi connectivity index (χ0) is 13.0. The van der Waals surface area contributed by atoms with Gasteiger partial charge in [0, 0.05) is 6.42 Å². The van der Waals surface area contributed by atoms with Gasteiger partial charge in [-0.2, -0.15) is 0 Å². The zero-order valence-corrected chi connectivity index (χ0v) is 10.5. The topological polar surface area (TPSA) is 43.4 Å². The number of carbonyl (C=O) groups excluding carboxylic acids is 2. The van der Waals surface area contributed by atoms with Gasteiger partial charge < -0.3 is 4.74 Å². The van der Waals surface area contributed by atoms with Crippen LogP contribution >= 0.6 is 15.9 Å². The van der Waals surface area contributed by atoms with Gasteiger partial charge in [0.1, 0.15) is 11.6 Å². The van der Waals surface area contributed by atoms with Crippen molar-refractivity contribution in [3.63, 3.8) is 0 Å². The van der Waals surface area contributed by atoms with E-state index in [2.05, 4.69) is 20.7 Å². The molecule has 6 heteroatoms. The Morgan fingerprint density at radius 1 is 1.29 bits per heavy atom. The van der Waals surface area contributed by atoms with E-state index in [4.69, 9.17) is 0 Å². The van der Waals surface area contributed by atoms with Crippen molar-refractivity contribution in [2.24, 2.45) is 0 Å². The molecule has 3 nitrogen and oxygen atoms in total. The van der Waals surface area contributed by atoms with Crippen LogP contribution in [0.25, 0.3) is 0 Å². The first-order valence-electron chi connectivity index (χ1n) is 4.85. The first-order valence-corrected chi connectivity index (χ1v) is 5.64. The maximum absolute atomic E-state index is 13.3. The number of rotatable bonds is 3. The summed E-state index contributed by atoms with van der Waals surface area (Å²) in [7, 11) is 0. The number of benzene rings is 1. The third-order valence-corrected chi connectivity index (χ3v) is 2.50. The van der Waals surface area contributed by atoms with Gasteiger partial charge >= 0.3 is 11.9 Å². The minimum Gasteiger partial charge on any atom is -0.389 e. The van der Waals surface area contributed by atoms with E-state index in [9.17, 15) is 18.4 Å². The van der Waals surface area contributed by atoms with Gasteiger partial charge in [0.2, 0.25) is 0 Å². The lowest BCUT2D eigenvalue weighted by atomic mass is 10.2. The Labute approximate surface area is 105 Å². The smallest absolute Gasteiger partial charge is 0.348 e. The molecule has 0 radical (unpaired) electrons. The maximum Gasteiger partial charge on any atom is 0.348 e. The van der Waals surface area contributed by atoms with E-state index in [1.807, 2.05) is 0 Å². The van der Waals surface area contributed by atoms with Crippen LogP contribution in [0.5, 0.6) is 0 Å². The standard InChI is InChI=1S/C11H9BrF2O3/c1-2-3-10(15)17-11(16)6-4-9(14)7(12)5-8(6)13/h4-5H,2-3H2,1H3. The molecule has 92 valence electrons. The molecule has 0 aliphatic rings. The Hall–Kier alpha value is -1.30. The molecular formula is C11H9BrF2O3. The van der Waals surface area contributed by atoms with Gasteiger partial charge in [-0.25, -0.2) is 13.6 Å². The SMILES string of the molecule is CCCC(=O)OC(=O)c1cc(F)c(Br)cc1F. The number of carbonyl (C=O) groups is 2. The van der Waals surface area contributed by atoms with Crippen molar-refractivity contribution in [2.75, 3.05) is 0 Å². The zero-order valence-electron chi connectivity index (χ0n) is 8.93. The van der Waals surface area contributed by atoms with Crippen molar-refractivity contribution in [1.82, 2.24) is 0 Å². The quantitative estimate of drug-likeness (QED) is 0.489. The summed E-state index contributed by atoms with van der Waals surface area (Å²) in [4.78, 5) is 22.4. The summed E-state index contributed by atoms with van der Waals surface area (Å²) in [6, 6.07) is 1.48. The highest BCUT2D eigenvalue weighted by Gasteiger charge is 2.19. The van der Waals surface area contributed by atoms with Gasteiger partial charge in [-0.3, -0.25) is 4.79 Å². The van der Waals surface area contributed by atoms with E-state index in [-0.39, 0.29) is 10.9 Å². The number of hydrogen-bond acceptors (Lipinski definition) is 3. The monoisotopic (exact) mass is 306 g/mol. The molecule has 0 atom stereocenters. The predicted octanol–water partition coefficient (Wildman–Crippen LogP) is 3.21. The molecule has 0 bridgehead atoms. The highest BCUT2D eigenvalue weighted by atomic mass is 79.9. The minimum absolute atomic E-state index is 0.0480. The molecule has 17 heavy (non-hydrogen) atoms. The van der Waals surface area contributed by atoms with Crippen LogP contribution in [0.3, 0.4) is 0 Å². The normalized spacial score (nSPS) is 10.1. The van der Waals surface area contributed by atoms with Crippen molar-refractivity contribution in [1.29, 1.82) is 0 Å². The van der Waals surface area contributed by atoms with E-state index in [1.165, 1.54) is 0 Å². The van der Waals surface area contributed by atoms with Crippen LogP contribution in [-0.4, -0.2) is 11.9 Å². The summed E-state index contributed by atoms with van der Waals surface area (Å²) in [6.07, 6.45) is 0.551. The van der Waals surface area contributed by atoms with Gasteiger partial charge in [0.15, 0.2) is 0 Å². The number of hydrogen-bond donors (Lipinski definition) is 0. The van der Waals surface area contributed by atoms with Crippen LogP contribution in [0.15, 0.2) is 16.6 Å². The Kier molecular flexibility index (Phi) is 4.74. The van der Waals surface area contributed by atoms with Crippen LogP contribution in [-0.2, 0) is 9.53 Å². The molecule has 0 aliphatic carbocycles. The molecule has 0 heterocycles. The second kappa shape index (κ2) is 5.86. The Morgan fingerprint density at radius 3 is 2.53 bits per heavy atom. The first-order chi connectivity index (χ1) is 7.95. The molecule has 0 N–H and O–H groups in total. The van der Waals surface area contributed by atoms with E-state index >= 15 is 0 Å².